The number of carbonyl (C=O) groups excluding carboxylic acids is 1. The van der Waals surface area contributed by atoms with Gasteiger partial charge in [-0.1, -0.05) is 18.2 Å². The number of para-hydroxylation sites is 1. The van der Waals surface area contributed by atoms with Crippen molar-refractivity contribution < 1.29 is 14.3 Å². The first-order valence-corrected chi connectivity index (χ1v) is 10.3. The van der Waals surface area contributed by atoms with E-state index >= 15 is 0 Å². The Morgan fingerprint density at radius 2 is 1.83 bits per heavy atom. The third-order valence-electron chi connectivity index (χ3n) is 6.25. The number of pyridine rings is 1. The van der Waals surface area contributed by atoms with Crippen LogP contribution in [0.15, 0.2) is 42.6 Å². The van der Waals surface area contributed by atoms with Crippen molar-refractivity contribution in [2.45, 2.75) is 44.3 Å². The highest BCUT2D eigenvalue weighted by atomic mass is 16.5. The number of methoxy groups -OCH3 is 2. The molecule has 2 fully saturated rings. The monoisotopic (exact) mass is 395 g/mol. The third-order valence-corrected chi connectivity index (χ3v) is 6.25. The van der Waals surface area contributed by atoms with Crippen LogP contribution in [0, 0.1) is 0 Å². The lowest BCUT2D eigenvalue weighted by atomic mass is 9.85. The first-order valence-electron chi connectivity index (χ1n) is 10.3. The average Bonchev–Trinajstić information content (AvgIpc) is 3.15. The number of rotatable bonds is 6. The molecule has 1 unspecified atom stereocenters. The van der Waals surface area contributed by atoms with Crippen LogP contribution in [-0.4, -0.2) is 53.5 Å². The van der Waals surface area contributed by atoms with E-state index in [0.29, 0.717) is 13.1 Å². The van der Waals surface area contributed by atoms with Gasteiger partial charge in [-0.3, -0.25) is 14.7 Å². The number of nitrogens with zero attached hydrogens (tertiary/aromatic N) is 3. The molecular formula is C23H29N3O3. The Hall–Kier alpha value is -2.60. The predicted molar refractivity (Wildman–Crippen MR) is 111 cm³/mol. The third kappa shape index (κ3) is 3.69. The van der Waals surface area contributed by atoms with Crippen LogP contribution >= 0.6 is 0 Å². The van der Waals surface area contributed by atoms with Crippen LogP contribution in [0.1, 0.15) is 36.9 Å². The molecule has 0 saturated carbocycles. The van der Waals surface area contributed by atoms with Gasteiger partial charge in [-0.05, 0) is 50.4 Å². The summed E-state index contributed by atoms with van der Waals surface area (Å²) < 4.78 is 11.1. The van der Waals surface area contributed by atoms with Crippen molar-refractivity contribution >= 4 is 5.91 Å². The molecule has 29 heavy (non-hydrogen) atoms. The molecule has 0 radical (unpaired) electrons. The number of amides is 1. The molecule has 1 atom stereocenters. The Kier molecular flexibility index (Phi) is 5.72. The van der Waals surface area contributed by atoms with Gasteiger partial charge in [-0.2, -0.15) is 0 Å². The summed E-state index contributed by atoms with van der Waals surface area (Å²) in [6.45, 7) is 2.98. The van der Waals surface area contributed by atoms with Crippen LogP contribution in [0.5, 0.6) is 11.5 Å². The van der Waals surface area contributed by atoms with Crippen molar-refractivity contribution in [3.05, 3.63) is 53.9 Å². The van der Waals surface area contributed by atoms with Crippen LogP contribution in [0.25, 0.3) is 0 Å². The number of benzene rings is 1. The molecule has 2 saturated heterocycles. The van der Waals surface area contributed by atoms with Crippen molar-refractivity contribution in [3.8, 4) is 11.5 Å². The topological polar surface area (TPSA) is 54.9 Å². The summed E-state index contributed by atoms with van der Waals surface area (Å²) in [5.41, 5.74) is 1.58. The number of ether oxygens (including phenoxy) is 2. The maximum atomic E-state index is 13.6. The number of hydrogen-bond donors (Lipinski definition) is 0. The minimum Gasteiger partial charge on any atom is -0.493 e. The average molecular weight is 396 g/mol. The van der Waals surface area contributed by atoms with Gasteiger partial charge in [0.1, 0.15) is 5.54 Å². The Balaban J connectivity index is 1.57. The lowest BCUT2D eigenvalue weighted by molar-refractivity contribution is -0.148. The Morgan fingerprint density at radius 1 is 1.00 bits per heavy atom. The van der Waals surface area contributed by atoms with Crippen LogP contribution in [0.2, 0.25) is 0 Å². The molecule has 0 N–H and O–H groups in total. The molecule has 2 aliphatic heterocycles. The zero-order chi connectivity index (χ0) is 20.3. The van der Waals surface area contributed by atoms with Crippen molar-refractivity contribution in [2.24, 2.45) is 0 Å². The molecule has 2 aromatic rings. The van der Waals surface area contributed by atoms with Gasteiger partial charge >= 0.3 is 0 Å². The lowest BCUT2D eigenvalue weighted by Crippen LogP contribution is -2.59. The quantitative estimate of drug-likeness (QED) is 0.752. The number of hydrogen-bond acceptors (Lipinski definition) is 5. The number of piperidine rings is 1. The van der Waals surface area contributed by atoms with Gasteiger partial charge in [-0.25, -0.2) is 0 Å². The van der Waals surface area contributed by atoms with E-state index in [2.05, 4.69) is 16.0 Å². The highest BCUT2D eigenvalue weighted by Gasteiger charge is 2.50. The molecule has 154 valence electrons. The number of aromatic nitrogens is 1. The fourth-order valence-electron chi connectivity index (χ4n) is 4.88. The van der Waals surface area contributed by atoms with Crippen molar-refractivity contribution in [3.63, 3.8) is 0 Å². The summed E-state index contributed by atoms with van der Waals surface area (Å²) in [5, 5.41) is 0. The van der Waals surface area contributed by atoms with E-state index in [0.717, 1.165) is 61.5 Å². The summed E-state index contributed by atoms with van der Waals surface area (Å²) >= 11 is 0. The molecule has 3 heterocycles. The van der Waals surface area contributed by atoms with E-state index in [1.54, 1.807) is 20.4 Å². The van der Waals surface area contributed by atoms with E-state index < -0.39 is 5.54 Å². The smallest absolute Gasteiger partial charge is 0.243 e. The van der Waals surface area contributed by atoms with Crippen molar-refractivity contribution in [2.75, 3.05) is 27.3 Å². The van der Waals surface area contributed by atoms with Gasteiger partial charge in [0.15, 0.2) is 11.5 Å². The molecule has 1 spiro atoms. The normalized spacial score (nSPS) is 22.3. The molecule has 4 rings (SSSR count). The van der Waals surface area contributed by atoms with Crippen LogP contribution in [-0.2, 0) is 17.9 Å². The zero-order valence-electron chi connectivity index (χ0n) is 17.3. The Labute approximate surface area is 172 Å². The standard InChI is InChI=1S/C23H29N3O3/c1-28-20-10-5-8-18(21(20)29-2)16-26-15-7-12-23(26)11-6-14-25(22(23)27)17-19-9-3-4-13-24-19/h3-5,8-10,13H,6-7,11-12,14-17H2,1-2H3. The van der Waals surface area contributed by atoms with Gasteiger partial charge in [0.05, 0.1) is 26.5 Å². The highest BCUT2D eigenvalue weighted by Crippen LogP contribution is 2.41. The van der Waals surface area contributed by atoms with E-state index in [4.69, 9.17) is 9.47 Å². The molecular weight excluding hydrogens is 366 g/mol. The van der Waals surface area contributed by atoms with Gasteiger partial charge < -0.3 is 14.4 Å². The van der Waals surface area contributed by atoms with Gasteiger partial charge in [0, 0.05) is 24.8 Å². The molecule has 0 bridgehead atoms. The summed E-state index contributed by atoms with van der Waals surface area (Å²) in [4.78, 5) is 22.4. The summed E-state index contributed by atoms with van der Waals surface area (Å²) in [6, 6.07) is 11.8. The molecule has 6 heteroatoms. The fourth-order valence-corrected chi connectivity index (χ4v) is 4.88. The molecule has 0 aliphatic carbocycles. The van der Waals surface area contributed by atoms with Crippen LogP contribution < -0.4 is 9.47 Å². The number of carbonyl (C=O) groups is 1. The maximum Gasteiger partial charge on any atom is 0.243 e. The molecule has 1 amide bonds. The Morgan fingerprint density at radius 3 is 2.55 bits per heavy atom. The first-order chi connectivity index (χ1) is 14.2. The number of likely N-dealkylation sites (tertiary alicyclic amines) is 2. The molecule has 2 aliphatic rings. The summed E-state index contributed by atoms with van der Waals surface area (Å²) in [7, 11) is 3.32. The van der Waals surface area contributed by atoms with Crippen molar-refractivity contribution in [1.82, 2.24) is 14.8 Å². The van der Waals surface area contributed by atoms with Gasteiger partial charge in [-0.15, -0.1) is 0 Å². The Bertz CT molecular complexity index is 858. The lowest BCUT2D eigenvalue weighted by Gasteiger charge is -2.44. The summed E-state index contributed by atoms with van der Waals surface area (Å²) in [6.07, 6.45) is 5.67. The summed E-state index contributed by atoms with van der Waals surface area (Å²) in [5.74, 6) is 1.73. The van der Waals surface area contributed by atoms with Crippen LogP contribution in [0.4, 0.5) is 0 Å². The van der Waals surface area contributed by atoms with Crippen molar-refractivity contribution in [1.29, 1.82) is 0 Å². The second-order valence-electron chi connectivity index (χ2n) is 7.86. The second-order valence-corrected chi connectivity index (χ2v) is 7.86. The first kappa shape index (κ1) is 19.7. The predicted octanol–water partition coefficient (Wildman–Crippen LogP) is 3.26. The molecule has 1 aromatic heterocycles. The minimum atomic E-state index is -0.416. The fraction of sp³-hybridized carbons (Fsp3) is 0.478. The minimum absolute atomic E-state index is 0.244. The van der Waals surface area contributed by atoms with Gasteiger partial charge in [0.2, 0.25) is 5.91 Å². The van der Waals surface area contributed by atoms with E-state index in [9.17, 15) is 4.79 Å². The SMILES string of the molecule is COc1cccc(CN2CCCC23CCCN(Cc2ccccn2)C3=O)c1OC. The van der Waals surface area contributed by atoms with E-state index in [1.165, 1.54) is 0 Å². The maximum absolute atomic E-state index is 13.6. The van der Waals surface area contributed by atoms with Gasteiger partial charge in [0.25, 0.3) is 0 Å². The molecule has 6 nitrogen and oxygen atoms in total. The van der Waals surface area contributed by atoms with E-state index in [-0.39, 0.29) is 5.91 Å². The van der Waals surface area contributed by atoms with E-state index in [1.807, 2.05) is 35.2 Å². The zero-order valence-corrected chi connectivity index (χ0v) is 17.3. The molecule has 1 aromatic carbocycles. The highest BCUT2D eigenvalue weighted by molar-refractivity contribution is 5.87. The second kappa shape index (κ2) is 8.41. The van der Waals surface area contributed by atoms with Crippen LogP contribution in [0.3, 0.4) is 0 Å². The largest absolute Gasteiger partial charge is 0.493 e.